The quantitative estimate of drug-likeness (QED) is 0.500. The molecule has 0 fully saturated rings. The molecule has 0 aliphatic heterocycles. The zero-order chi connectivity index (χ0) is 17.6. The van der Waals surface area contributed by atoms with Gasteiger partial charge in [0.2, 0.25) is 0 Å². The highest BCUT2D eigenvalue weighted by Crippen LogP contribution is 2.24. The molecule has 0 aromatic heterocycles. The SMILES string of the molecule is COC(=O)c1ccc(CCN=C(N)Nc2ccc3c(c2)CCC3)cc1. The van der Waals surface area contributed by atoms with Gasteiger partial charge in [0.15, 0.2) is 5.96 Å². The molecule has 3 rings (SSSR count). The Bertz CT molecular complexity index is 782. The van der Waals surface area contributed by atoms with Crippen LogP contribution < -0.4 is 11.1 Å². The van der Waals surface area contributed by atoms with Gasteiger partial charge in [0.05, 0.1) is 12.7 Å². The van der Waals surface area contributed by atoms with Crippen molar-refractivity contribution in [2.75, 3.05) is 19.0 Å². The molecule has 130 valence electrons. The van der Waals surface area contributed by atoms with Crippen LogP contribution in [-0.2, 0) is 24.0 Å². The van der Waals surface area contributed by atoms with Crippen LogP contribution in [0.15, 0.2) is 47.5 Å². The van der Waals surface area contributed by atoms with Crippen molar-refractivity contribution in [1.29, 1.82) is 0 Å². The number of aryl methyl sites for hydroxylation is 2. The minimum atomic E-state index is -0.327. The number of carbonyl (C=O) groups excluding carboxylic acids is 1. The summed E-state index contributed by atoms with van der Waals surface area (Å²) in [5.74, 6) is 0.0940. The summed E-state index contributed by atoms with van der Waals surface area (Å²) >= 11 is 0. The molecule has 0 bridgehead atoms. The van der Waals surface area contributed by atoms with Crippen LogP contribution in [0, 0.1) is 0 Å². The number of benzene rings is 2. The number of methoxy groups -OCH3 is 1. The summed E-state index contributed by atoms with van der Waals surface area (Å²) in [6, 6.07) is 13.7. The third-order valence-electron chi connectivity index (χ3n) is 4.43. The molecule has 2 aromatic carbocycles. The van der Waals surface area contributed by atoms with E-state index in [1.54, 1.807) is 12.1 Å². The summed E-state index contributed by atoms with van der Waals surface area (Å²) in [6.45, 7) is 0.585. The van der Waals surface area contributed by atoms with E-state index >= 15 is 0 Å². The molecule has 1 aliphatic carbocycles. The van der Waals surface area contributed by atoms with Crippen LogP contribution in [0.5, 0.6) is 0 Å². The van der Waals surface area contributed by atoms with E-state index in [0.717, 1.165) is 24.1 Å². The molecule has 2 aromatic rings. The fourth-order valence-corrected chi connectivity index (χ4v) is 3.07. The first-order valence-corrected chi connectivity index (χ1v) is 8.52. The van der Waals surface area contributed by atoms with Crippen molar-refractivity contribution in [3.05, 3.63) is 64.7 Å². The summed E-state index contributed by atoms with van der Waals surface area (Å²) in [5, 5.41) is 3.16. The van der Waals surface area contributed by atoms with Gasteiger partial charge in [-0.1, -0.05) is 18.2 Å². The van der Waals surface area contributed by atoms with Gasteiger partial charge >= 0.3 is 5.97 Å². The van der Waals surface area contributed by atoms with Crippen LogP contribution in [0.1, 0.15) is 33.5 Å². The number of guanidine groups is 1. The fourth-order valence-electron chi connectivity index (χ4n) is 3.07. The van der Waals surface area contributed by atoms with Crippen molar-refractivity contribution in [3.63, 3.8) is 0 Å². The minimum Gasteiger partial charge on any atom is -0.465 e. The van der Waals surface area contributed by atoms with Gasteiger partial charge in [-0.3, -0.25) is 4.99 Å². The average Bonchev–Trinajstić information content (AvgIpc) is 3.09. The van der Waals surface area contributed by atoms with Crippen LogP contribution in [0.3, 0.4) is 0 Å². The lowest BCUT2D eigenvalue weighted by Crippen LogP contribution is -2.23. The van der Waals surface area contributed by atoms with Crippen molar-refractivity contribution in [3.8, 4) is 0 Å². The van der Waals surface area contributed by atoms with Crippen LogP contribution in [0.4, 0.5) is 5.69 Å². The second kappa shape index (κ2) is 7.83. The van der Waals surface area contributed by atoms with E-state index < -0.39 is 0 Å². The van der Waals surface area contributed by atoms with Crippen molar-refractivity contribution < 1.29 is 9.53 Å². The van der Waals surface area contributed by atoms with Gasteiger partial charge in [-0.15, -0.1) is 0 Å². The maximum Gasteiger partial charge on any atom is 0.337 e. The number of hydrogen-bond acceptors (Lipinski definition) is 3. The van der Waals surface area contributed by atoms with E-state index in [9.17, 15) is 4.79 Å². The highest BCUT2D eigenvalue weighted by atomic mass is 16.5. The Morgan fingerprint density at radius 3 is 2.68 bits per heavy atom. The van der Waals surface area contributed by atoms with Crippen LogP contribution >= 0.6 is 0 Å². The van der Waals surface area contributed by atoms with Gasteiger partial charge in [0.25, 0.3) is 0 Å². The average molecular weight is 337 g/mol. The molecule has 0 amide bonds. The molecule has 5 nitrogen and oxygen atoms in total. The van der Waals surface area contributed by atoms with Crippen molar-refractivity contribution in [2.24, 2.45) is 10.7 Å². The van der Waals surface area contributed by atoms with Crippen molar-refractivity contribution in [2.45, 2.75) is 25.7 Å². The Kier molecular flexibility index (Phi) is 5.33. The normalized spacial score (nSPS) is 13.4. The molecule has 1 aliphatic rings. The largest absolute Gasteiger partial charge is 0.465 e. The standard InChI is InChI=1S/C20H23N3O2/c1-25-19(24)16-7-5-14(6-8-16)11-12-22-20(21)23-18-10-9-15-3-2-4-17(15)13-18/h5-10,13H,2-4,11-12H2,1H3,(H3,21,22,23). The van der Waals surface area contributed by atoms with E-state index in [2.05, 4.69) is 33.2 Å². The number of nitrogens with zero attached hydrogens (tertiary/aromatic N) is 1. The Hall–Kier alpha value is -2.82. The number of hydrogen-bond donors (Lipinski definition) is 2. The van der Waals surface area contributed by atoms with Gasteiger partial charge < -0.3 is 15.8 Å². The van der Waals surface area contributed by atoms with Gasteiger partial charge in [-0.25, -0.2) is 4.79 Å². The van der Waals surface area contributed by atoms with Crippen molar-refractivity contribution >= 4 is 17.6 Å². The molecule has 0 saturated heterocycles. The number of ether oxygens (including phenoxy) is 1. The van der Waals surface area contributed by atoms with Gasteiger partial charge in [-0.05, 0) is 66.6 Å². The van der Waals surface area contributed by atoms with E-state index in [1.807, 2.05) is 12.1 Å². The molecular formula is C20H23N3O2. The smallest absolute Gasteiger partial charge is 0.337 e. The van der Waals surface area contributed by atoms with Gasteiger partial charge in [-0.2, -0.15) is 0 Å². The fraction of sp³-hybridized carbons (Fsp3) is 0.300. The number of nitrogens with two attached hydrogens (primary N) is 1. The number of fused-ring (bicyclic) bond motifs is 1. The van der Waals surface area contributed by atoms with Crippen molar-refractivity contribution in [1.82, 2.24) is 0 Å². The van der Waals surface area contributed by atoms with Gasteiger partial charge in [0, 0.05) is 12.2 Å². The van der Waals surface area contributed by atoms with E-state index in [-0.39, 0.29) is 5.97 Å². The molecule has 25 heavy (non-hydrogen) atoms. The number of carbonyl (C=O) groups is 1. The summed E-state index contributed by atoms with van der Waals surface area (Å²) < 4.78 is 4.69. The third kappa shape index (κ3) is 4.38. The second-order valence-electron chi connectivity index (χ2n) is 6.17. The molecule has 0 saturated carbocycles. The molecule has 3 N–H and O–H groups in total. The maximum atomic E-state index is 11.4. The summed E-state index contributed by atoms with van der Waals surface area (Å²) in [4.78, 5) is 15.8. The van der Waals surface area contributed by atoms with Crippen LogP contribution in [0.2, 0.25) is 0 Å². The number of aliphatic imine (C=N–C) groups is 1. The number of anilines is 1. The topological polar surface area (TPSA) is 76.7 Å². The Balaban J connectivity index is 1.52. The first-order chi connectivity index (χ1) is 12.2. The second-order valence-corrected chi connectivity index (χ2v) is 6.17. The number of esters is 1. The van der Waals surface area contributed by atoms with Gasteiger partial charge in [0.1, 0.15) is 0 Å². The van der Waals surface area contributed by atoms with E-state index in [0.29, 0.717) is 18.1 Å². The Morgan fingerprint density at radius 1 is 1.16 bits per heavy atom. The molecule has 0 spiro atoms. The Morgan fingerprint density at radius 2 is 1.92 bits per heavy atom. The summed E-state index contributed by atoms with van der Waals surface area (Å²) in [7, 11) is 1.38. The molecule has 0 unspecified atom stereocenters. The predicted octanol–water partition coefficient (Wildman–Crippen LogP) is 2.93. The monoisotopic (exact) mass is 337 g/mol. The first-order valence-electron chi connectivity index (χ1n) is 8.52. The summed E-state index contributed by atoms with van der Waals surface area (Å²) in [5.41, 5.74) is 11.5. The summed E-state index contributed by atoms with van der Waals surface area (Å²) in [6.07, 6.45) is 4.31. The highest BCUT2D eigenvalue weighted by Gasteiger charge is 2.10. The maximum absolute atomic E-state index is 11.4. The van der Waals surface area contributed by atoms with Crippen LogP contribution in [-0.4, -0.2) is 25.6 Å². The number of nitrogens with one attached hydrogen (secondary N) is 1. The van der Waals surface area contributed by atoms with Crippen LogP contribution in [0.25, 0.3) is 0 Å². The predicted molar refractivity (Wildman–Crippen MR) is 100 cm³/mol. The zero-order valence-corrected chi connectivity index (χ0v) is 14.4. The lowest BCUT2D eigenvalue weighted by molar-refractivity contribution is 0.0600. The zero-order valence-electron chi connectivity index (χ0n) is 14.4. The van der Waals surface area contributed by atoms with E-state index in [1.165, 1.54) is 31.1 Å². The lowest BCUT2D eigenvalue weighted by atomic mass is 10.1. The lowest BCUT2D eigenvalue weighted by Gasteiger charge is -2.08. The molecular weight excluding hydrogens is 314 g/mol. The number of rotatable bonds is 5. The Labute approximate surface area is 147 Å². The molecule has 0 heterocycles. The highest BCUT2D eigenvalue weighted by molar-refractivity contribution is 5.92. The minimum absolute atomic E-state index is 0.327. The first kappa shape index (κ1) is 17.0. The molecule has 0 atom stereocenters. The molecule has 5 heteroatoms. The third-order valence-corrected chi connectivity index (χ3v) is 4.43. The molecule has 0 radical (unpaired) electrons. The van der Waals surface area contributed by atoms with E-state index in [4.69, 9.17) is 5.73 Å².